The van der Waals surface area contributed by atoms with Crippen molar-refractivity contribution < 1.29 is 23.0 Å². The van der Waals surface area contributed by atoms with Gasteiger partial charge in [0.1, 0.15) is 0 Å². The lowest BCUT2D eigenvalue weighted by atomic mass is 10.2. The maximum atomic E-state index is 12.3. The first-order chi connectivity index (χ1) is 12.1. The smallest absolute Gasteiger partial charge is 0.387 e. The van der Waals surface area contributed by atoms with E-state index in [0.717, 1.165) is 11.5 Å². The molecule has 0 heterocycles. The van der Waals surface area contributed by atoms with Crippen molar-refractivity contribution in [2.75, 3.05) is 19.4 Å². The predicted molar refractivity (Wildman–Crippen MR) is 94.6 cm³/mol. The topological polar surface area (TPSA) is 47.6 Å². The Morgan fingerprint density at radius 3 is 2.60 bits per heavy atom. The maximum Gasteiger partial charge on any atom is 0.387 e. The van der Waals surface area contributed by atoms with E-state index in [1.54, 1.807) is 11.8 Å². The Bertz CT molecular complexity index is 683. The number of amides is 1. The quantitative estimate of drug-likeness (QED) is 0.682. The van der Waals surface area contributed by atoms with E-state index < -0.39 is 6.61 Å². The van der Waals surface area contributed by atoms with Gasteiger partial charge in [0.25, 0.3) is 5.91 Å². The Kier molecular flexibility index (Phi) is 7.53. The Hall–Kier alpha value is -2.28. The van der Waals surface area contributed by atoms with Gasteiger partial charge in [-0.15, -0.1) is 0 Å². The number of nitrogens with one attached hydrogen (secondary N) is 1. The van der Waals surface area contributed by atoms with Gasteiger partial charge >= 0.3 is 6.61 Å². The number of ether oxygens (including phenoxy) is 2. The Morgan fingerprint density at radius 1 is 1.16 bits per heavy atom. The summed E-state index contributed by atoms with van der Waals surface area (Å²) in [5, 5.41) is 2.79. The summed E-state index contributed by atoms with van der Waals surface area (Å²) in [5.41, 5.74) is 1.56. The summed E-state index contributed by atoms with van der Waals surface area (Å²) in [5.74, 6) is 1.34. The number of alkyl halides is 2. The monoisotopic (exact) mass is 367 g/mol. The largest absolute Gasteiger partial charge is 0.493 e. The van der Waals surface area contributed by atoms with E-state index in [9.17, 15) is 13.6 Å². The summed E-state index contributed by atoms with van der Waals surface area (Å²) >= 11 is 1.72. The van der Waals surface area contributed by atoms with Crippen molar-refractivity contribution in [2.45, 2.75) is 12.4 Å². The molecule has 2 aromatic rings. The molecule has 0 radical (unpaired) electrons. The summed E-state index contributed by atoms with van der Waals surface area (Å²) in [6.07, 6.45) is 0. The molecular weight excluding hydrogens is 348 g/mol. The Balaban J connectivity index is 1.80. The van der Waals surface area contributed by atoms with Gasteiger partial charge in [0.05, 0.1) is 7.11 Å². The molecular formula is C18H19F2NO3S. The van der Waals surface area contributed by atoms with Gasteiger partial charge in [-0.1, -0.05) is 30.3 Å². The van der Waals surface area contributed by atoms with Crippen LogP contribution in [-0.4, -0.2) is 31.9 Å². The lowest BCUT2D eigenvalue weighted by molar-refractivity contribution is -0.0512. The zero-order valence-electron chi connectivity index (χ0n) is 13.7. The minimum absolute atomic E-state index is 0.0893. The van der Waals surface area contributed by atoms with Crippen molar-refractivity contribution in [1.29, 1.82) is 0 Å². The van der Waals surface area contributed by atoms with Crippen LogP contribution in [0.4, 0.5) is 8.78 Å². The molecule has 1 amide bonds. The Morgan fingerprint density at radius 2 is 1.92 bits per heavy atom. The molecule has 25 heavy (non-hydrogen) atoms. The minimum atomic E-state index is -2.95. The van der Waals surface area contributed by atoms with Gasteiger partial charge in [-0.3, -0.25) is 4.79 Å². The number of carbonyl (C=O) groups excluding carboxylic acids is 1. The van der Waals surface area contributed by atoms with E-state index in [0.29, 0.717) is 12.1 Å². The number of rotatable bonds is 9. The first kappa shape index (κ1) is 19.1. The number of methoxy groups -OCH3 is 1. The summed E-state index contributed by atoms with van der Waals surface area (Å²) < 4.78 is 33.9. The Labute approximate surface area is 149 Å². The molecule has 0 unspecified atom stereocenters. The number of halogens is 2. The molecule has 0 saturated carbocycles. The molecule has 0 aromatic heterocycles. The fraction of sp³-hybridized carbons (Fsp3) is 0.278. The fourth-order valence-electron chi connectivity index (χ4n) is 2.11. The zero-order chi connectivity index (χ0) is 18.1. The van der Waals surface area contributed by atoms with Gasteiger partial charge < -0.3 is 14.8 Å². The van der Waals surface area contributed by atoms with Crippen molar-refractivity contribution >= 4 is 17.7 Å². The van der Waals surface area contributed by atoms with Gasteiger partial charge in [0.15, 0.2) is 11.5 Å². The van der Waals surface area contributed by atoms with E-state index in [1.165, 1.54) is 30.9 Å². The summed E-state index contributed by atoms with van der Waals surface area (Å²) in [7, 11) is 1.33. The second-order valence-corrected chi connectivity index (χ2v) is 6.14. The highest BCUT2D eigenvalue weighted by Gasteiger charge is 2.13. The molecule has 2 aromatic carbocycles. The number of benzene rings is 2. The van der Waals surface area contributed by atoms with Crippen LogP contribution in [0.1, 0.15) is 15.9 Å². The standard InChI is InChI=1S/C18H19F2NO3S/c1-23-16-11-14(7-8-15(16)24-18(19)20)17(22)21-9-10-25-12-13-5-3-2-4-6-13/h2-8,11,18H,9-10,12H2,1H3,(H,21,22). The van der Waals surface area contributed by atoms with Gasteiger partial charge in [0.2, 0.25) is 0 Å². The van der Waals surface area contributed by atoms with Gasteiger partial charge in [0, 0.05) is 23.6 Å². The van der Waals surface area contributed by atoms with Crippen molar-refractivity contribution in [2.24, 2.45) is 0 Å². The number of hydrogen-bond acceptors (Lipinski definition) is 4. The van der Waals surface area contributed by atoms with Crippen molar-refractivity contribution in [3.8, 4) is 11.5 Å². The van der Waals surface area contributed by atoms with Gasteiger partial charge in [-0.2, -0.15) is 20.5 Å². The molecule has 0 atom stereocenters. The second-order valence-electron chi connectivity index (χ2n) is 5.04. The molecule has 0 aliphatic rings. The highest BCUT2D eigenvalue weighted by atomic mass is 32.2. The van der Waals surface area contributed by atoms with Gasteiger partial charge in [-0.05, 0) is 23.8 Å². The average Bonchev–Trinajstić information content (AvgIpc) is 2.62. The van der Waals surface area contributed by atoms with Crippen LogP contribution >= 0.6 is 11.8 Å². The normalized spacial score (nSPS) is 10.6. The molecule has 0 spiro atoms. The van der Waals surface area contributed by atoms with Crippen LogP contribution in [0.2, 0.25) is 0 Å². The van der Waals surface area contributed by atoms with Crippen molar-refractivity contribution in [3.05, 3.63) is 59.7 Å². The van der Waals surface area contributed by atoms with Crippen molar-refractivity contribution in [3.63, 3.8) is 0 Å². The number of carbonyl (C=O) groups is 1. The van der Waals surface area contributed by atoms with E-state index in [1.807, 2.05) is 18.2 Å². The van der Waals surface area contributed by atoms with Crippen LogP contribution < -0.4 is 14.8 Å². The molecule has 0 bridgehead atoms. The molecule has 4 nitrogen and oxygen atoms in total. The van der Waals surface area contributed by atoms with E-state index in [2.05, 4.69) is 22.2 Å². The highest BCUT2D eigenvalue weighted by molar-refractivity contribution is 7.98. The highest BCUT2D eigenvalue weighted by Crippen LogP contribution is 2.29. The number of thioether (sulfide) groups is 1. The maximum absolute atomic E-state index is 12.3. The van der Waals surface area contributed by atoms with Crippen LogP contribution in [-0.2, 0) is 5.75 Å². The molecule has 0 fully saturated rings. The SMILES string of the molecule is COc1cc(C(=O)NCCSCc2ccccc2)ccc1OC(F)F. The first-order valence-electron chi connectivity index (χ1n) is 7.63. The molecule has 7 heteroatoms. The van der Waals surface area contributed by atoms with E-state index in [4.69, 9.17) is 4.74 Å². The molecule has 0 aliphatic carbocycles. The molecule has 1 N–H and O–H groups in total. The zero-order valence-corrected chi connectivity index (χ0v) is 14.5. The van der Waals surface area contributed by atoms with Crippen LogP contribution in [0.3, 0.4) is 0 Å². The third-order valence-corrected chi connectivity index (χ3v) is 4.32. The number of hydrogen-bond donors (Lipinski definition) is 1. The summed E-state index contributed by atoms with van der Waals surface area (Å²) in [6.45, 7) is -2.44. The summed E-state index contributed by atoms with van der Waals surface area (Å²) in [4.78, 5) is 12.1. The molecule has 0 saturated heterocycles. The second kappa shape index (κ2) is 9.88. The van der Waals surface area contributed by atoms with Crippen molar-refractivity contribution in [1.82, 2.24) is 5.32 Å². The van der Waals surface area contributed by atoms with E-state index >= 15 is 0 Å². The van der Waals surface area contributed by atoms with E-state index in [-0.39, 0.29) is 17.4 Å². The first-order valence-corrected chi connectivity index (χ1v) is 8.78. The lowest BCUT2D eigenvalue weighted by Gasteiger charge is -2.11. The summed E-state index contributed by atoms with van der Waals surface area (Å²) in [6, 6.07) is 14.2. The third-order valence-electron chi connectivity index (χ3n) is 3.29. The third kappa shape index (κ3) is 6.26. The predicted octanol–water partition coefficient (Wildman–Crippen LogP) is 3.96. The molecule has 0 aliphatic heterocycles. The minimum Gasteiger partial charge on any atom is -0.493 e. The van der Waals surface area contributed by atoms with Crippen LogP contribution in [0.5, 0.6) is 11.5 Å². The van der Waals surface area contributed by atoms with Crippen LogP contribution in [0.25, 0.3) is 0 Å². The molecule has 134 valence electrons. The molecule has 2 rings (SSSR count). The fourth-order valence-corrected chi connectivity index (χ4v) is 2.92. The average molecular weight is 367 g/mol. The van der Waals surface area contributed by atoms with Crippen LogP contribution in [0, 0.1) is 0 Å². The lowest BCUT2D eigenvalue weighted by Crippen LogP contribution is -2.25. The van der Waals surface area contributed by atoms with Crippen LogP contribution in [0.15, 0.2) is 48.5 Å². The van der Waals surface area contributed by atoms with Gasteiger partial charge in [-0.25, -0.2) is 0 Å².